The minimum Gasteiger partial charge on any atom is -0.370 e. The highest BCUT2D eigenvalue weighted by atomic mass is 16.2. The van der Waals surface area contributed by atoms with Crippen LogP contribution in [0.2, 0.25) is 0 Å². The molecule has 1 atom stereocenters. The van der Waals surface area contributed by atoms with E-state index in [1.807, 2.05) is 4.90 Å². The molecule has 2 aliphatic heterocycles. The van der Waals surface area contributed by atoms with Crippen LogP contribution in [0.15, 0.2) is 4.99 Å². The lowest BCUT2D eigenvalue weighted by molar-refractivity contribution is -0.127. The van der Waals surface area contributed by atoms with Crippen molar-refractivity contribution in [3.05, 3.63) is 0 Å². The molecule has 0 radical (unpaired) electrons. The third kappa shape index (κ3) is 3.87. The molecule has 1 unspecified atom stereocenters. The van der Waals surface area contributed by atoms with E-state index in [1.165, 1.54) is 12.8 Å². The molecular weight excluding hydrogens is 252 g/mol. The fourth-order valence-electron chi connectivity index (χ4n) is 3.02. The van der Waals surface area contributed by atoms with E-state index >= 15 is 0 Å². The SMILES string of the molecule is CCCN1CC(CN=C(N)N2CCC(C)CC2)CC1=O. The predicted octanol–water partition coefficient (Wildman–Crippen LogP) is 1.29. The molecule has 5 nitrogen and oxygen atoms in total. The van der Waals surface area contributed by atoms with Gasteiger partial charge >= 0.3 is 0 Å². The number of hydrogen-bond donors (Lipinski definition) is 1. The van der Waals surface area contributed by atoms with Gasteiger partial charge in [0.15, 0.2) is 5.96 Å². The van der Waals surface area contributed by atoms with E-state index in [2.05, 4.69) is 23.7 Å². The first-order chi connectivity index (χ1) is 9.60. The Balaban J connectivity index is 1.79. The molecule has 0 aliphatic carbocycles. The molecule has 0 aromatic rings. The maximum absolute atomic E-state index is 11.8. The van der Waals surface area contributed by atoms with Crippen LogP contribution in [0.25, 0.3) is 0 Å². The number of piperidine rings is 1. The van der Waals surface area contributed by atoms with Gasteiger partial charge in [0.25, 0.3) is 0 Å². The lowest BCUT2D eigenvalue weighted by Gasteiger charge is -2.31. The van der Waals surface area contributed by atoms with Gasteiger partial charge in [0, 0.05) is 45.1 Å². The summed E-state index contributed by atoms with van der Waals surface area (Å²) in [5.74, 6) is 2.08. The topological polar surface area (TPSA) is 61.9 Å². The number of carbonyl (C=O) groups is 1. The summed E-state index contributed by atoms with van der Waals surface area (Å²) in [6, 6.07) is 0. The van der Waals surface area contributed by atoms with E-state index < -0.39 is 0 Å². The van der Waals surface area contributed by atoms with Crippen molar-refractivity contribution in [3.8, 4) is 0 Å². The quantitative estimate of drug-likeness (QED) is 0.623. The Morgan fingerprint density at radius 2 is 2.10 bits per heavy atom. The lowest BCUT2D eigenvalue weighted by atomic mass is 10.00. The van der Waals surface area contributed by atoms with Crippen molar-refractivity contribution in [2.45, 2.75) is 39.5 Å². The monoisotopic (exact) mass is 280 g/mol. The maximum Gasteiger partial charge on any atom is 0.222 e. The van der Waals surface area contributed by atoms with Crippen LogP contribution < -0.4 is 5.73 Å². The molecular formula is C15H28N4O. The Kier molecular flexibility index (Phi) is 5.26. The molecule has 2 N–H and O–H groups in total. The van der Waals surface area contributed by atoms with Crippen LogP contribution in [0.5, 0.6) is 0 Å². The van der Waals surface area contributed by atoms with Crippen molar-refractivity contribution >= 4 is 11.9 Å². The minimum atomic E-state index is 0.275. The highest BCUT2D eigenvalue weighted by molar-refractivity contribution is 5.79. The van der Waals surface area contributed by atoms with Gasteiger partial charge in [-0.05, 0) is 25.2 Å². The van der Waals surface area contributed by atoms with Crippen LogP contribution in [0, 0.1) is 11.8 Å². The molecule has 2 saturated heterocycles. The second-order valence-corrected chi connectivity index (χ2v) is 6.28. The predicted molar refractivity (Wildman–Crippen MR) is 81.4 cm³/mol. The standard InChI is InChI=1S/C15H28N4O/c1-3-6-19-11-13(9-14(19)20)10-17-15(16)18-7-4-12(2)5-8-18/h12-13H,3-11H2,1-2H3,(H2,16,17). The normalized spacial score (nSPS) is 25.6. The molecule has 1 amide bonds. The second-order valence-electron chi connectivity index (χ2n) is 6.28. The van der Waals surface area contributed by atoms with Gasteiger partial charge in [-0.3, -0.25) is 9.79 Å². The lowest BCUT2D eigenvalue weighted by Crippen LogP contribution is -2.42. The summed E-state index contributed by atoms with van der Waals surface area (Å²) in [6.07, 6.45) is 4.05. The van der Waals surface area contributed by atoms with Crippen LogP contribution in [0.3, 0.4) is 0 Å². The summed E-state index contributed by atoms with van der Waals surface area (Å²) in [5.41, 5.74) is 6.08. The van der Waals surface area contributed by atoms with E-state index in [4.69, 9.17) is 5.73 Å². The number of guanidine groups is 1. The average molecular weight is 280 g/mol. The van der Waals surface area contributed by atoms with Crippen LogP contribution in [0.4, 0.5) is 0 Å². The number of rotatable bonds is 4. The Morgan fingerprint density at radius 3 is 2.75 bits per heavy atom. The van der Waals surface area contributed by atoms with E-state index in [0.717, 1.165) is 38.5 Å². The molecule has 2 aliphatic rings. The highest BCUT2D eigenvalue weighted by Gasteiger charge is 2.28. The van der Waals surface area contributed by atoms with Gasteiger partial charge in [0.2, 0.25) is 5.91 Å². The van der Waals surface area contributed by atoms with Gasteiger partial charge in [-0.2, -0.15) is 0 Å². The Morgan fingerprint density at radius 1 is 1.40 bits per heavy atom. The van der Waals surface area contributed by atoms with Crippen molar-refractivity contribution < 1.29 is 4.79 Å². The zero-order chi connectivity index (χ0) is 14.5. The molecule has 2 fully saturated rings. The number of nitrogens with two attached hydrogens (primary N) is 1. The zero-order valence-electron chi connectivity index (χ0n) is 12.8. The van der Waals surface area contributed by atoms with Crippen molar-refractivity contribution in [2.24, 2.45) is 22.6 Å². The molecule has 0 aromatic carbocycles. The largest absolute Gasteiger partial charge is 0.370 e. The Bertz CT molecular complexity index is 361. The van der Waals surface area contributed by atoms with Gasteiger partial charge in [-0.1, -0.05) is 13.8 Å². The van der Waals surface area contributed by atoms with Crippen molar-refractivity contribution in [2.75, 3.05) is 32.7 Å². The van der Waals surface area contributed by atoms with Gasteiger partial charge in [-0.25, -0.2) is 0 Å². The summed E-state index contributed by atoms with van der Waals surface area (Å²) in [5, 5.41) is 0. The Hall–Kier alpha value is -1.26. The smallest absolute Gasteiger partial charge is 0.222 e. The molecule has 2 heterocycles. The first-order valence-corrected chi connectivity index (χ1v) is 7.92. The first-order valence-electron chi connectivity index (χ1n) is 7.92. The molecule has 20 heavy (non-hydrogen) atoms. The van der Waals surface area contributed by atoms with Crippen molar-refractivity contribution in [3.63, 3.8) is 0 Å². The van der Waals surface area contributed by atoms with Gasteiger partial charge in [-0.15, -0.1) is 0 Å². The van der Waals surface area contributed by atoms with Gasteiger partial charge in [0.05, 0.1) is 0 Å². The van der Waals surface area contributed by atoms with E-state index in [9.17, 15) is 4.79 Å². The molecule has 0 spiro atoms. The zero-order valence-corrected chi connectivity index (χ0v) is 12.8. The van der Waals surface area contributed by atoms with Crippen LogP contribution in [0.1, 0.15) is 39.5 Å². The van der Waals surface area contributed by atoms with Crippen molar-refractivity contribution in [1.29, 1.82) is 0 Å². The highest BCUT2D eigenvalue weighted by Crippen LogP contribution is 2.19. The Labute approximate surface area is 122 Å². The summed E-state index contributed by atoms with van der Waals surface area (Å²) < 4.78 is 0. The number of carbonyl (C=O) groups excluding carboxylic acids is 1. The first kappa shape index (κ1) is 15.1. The second kappa shape index (κ2) is 6.95. The van der Waals surface area contributed by atoms with Crippen molar-refractivity contribution in [1.82, 2.24) is 9.80 Å². The number of amides is 1. The number of hydrogen-bond acceptors (Lipinski definition) is 2. The number of nitrogens with zero attached hydrogens (tertiary/aromatic N) is 3. The van der Waals surface area contributed by atoms with Crippen LogP contribution in [-0.2, 0) is 4.79 Å². The van der Waals surface area contributed by atoms with E-state index in [0.29, 0.717) is 24.8 Å². The molecule has 0 saturated carbocycles. The fraction of sp³-hybridized carbons (Fsp3) is 0.867. The third-order valence-corrected chi connectivity index (χ3v) is 4.41. The van der Waals surface area contributed by atoms with Crippen LogP contribution >= 0.6 is 0 Å². The minimum absolute atomic E-state index is 0.275. The van der Waals surface area contributed by atoms with E-state index in [1.54, 1.807) is 0 Å². The third-order valence-electron chi connectivity index (χ3n) is 4.41. The molecule has 0 aromatic heterocycles. The van der Waals surface area contributed by atoms with Gasteiger partial charge in [0.1, 0.15) is 0 Å². The number of likely N-dealkylation sites (tertiary alicyclic amines) is 2. The molecule has 0 bridgehead atoms. The van der Waals surface area contributed by atoms with Gasteiger partial charge < -0.3 is 15.5 Å². The summed E-state index contributed by atoms with van der Waals surface area (Å²) in [7, 11) is 0. The summed E-state index contributed by atoms with van der Waals surface area (Å²) in [6.45, 7) is 8.83. The number of aliphatic imine (C=N–C) groups is 1. The van der Waals surface area contributed by atoms with E-state index in [-0.39, 0.29) is 5.91 Å². The van der Waals surface area contributed by atoms with Crippen LogP contribution in [-0.4, -0.2) is 54.4 Å². The molecule has 114 valence electrons. The fourth-order valence-corrected chi connectivity index (χ4v) is 3.02. The average Bonchev–Trinajstić information content (AvgIpc) is 2.78. The summed E-state index contributed by atoms with van der Waals surface area (Å²) in [4.78, 5) is 20.5. The molecule has 5 heteroatoms. The molecule has 2 rings (SSSR count). The summed E-state index contributed by atoms with van der Waals surface area (Å²) >= 11 is 0. The maximum atomic E-state index is 11.8.